The largest absolute Gasteiger partial charge is 0.439 e. The van der Waals surface area contributed by atoms with Crippen molar-refractivity contribution in [3.63, 3.8) is 0 Å². The van der Waals surface area contributed by atoms with Gasteiger partial charge in [0.25, 0.3) is 0 Å². The van der Waals surface area contributed by atoms with E-state index >= 15 is 0 Å². The minimum absolute atomic E-state index is 0.0280. The first-order valence-corrected chi connectivity index (χ1v) is 10.4. The van der Waals surface area contributed by atoms with Gasteiger partial charge in [-0.25, -0.2) is 18.6 Å². The lowest BCUT2D eigenvalue weighted by Crippen LogP contribution is -2.33. The van der Waals surface area contributed by atoms with Crippen molar-refractivity contribution in [3.8, 4) is 11.4 Å². The van der Waals surface area contributed by atoms with Gasteiger partial charge in [0.1, 0.15) is 11.3 Å². The molecule has 1 saturated carbocycles. The van der Waals surface area contributed by atoms with Gasteiger partial charge in [-0.2, -0.15) is 0 Å². The van der Waals surface area contributed by atoms with Gasteiger partial charge in [-0.3, -0.25) is 9.51 Å². The molecule has 0 radical (unpaired) electrons. The molecule has 0 unspecified atom stereocenters. The van der Waals surface area contributed by atoms with Crippen LogP contribution in [0.4, 0.5) is 14.6 Å². The number of H-pyrrole nitrogens is 2. The second-order valence-electron chi connectivity index (χ2n) is 8.59. The van der Waals surface area contributed by atoms with Gasteiger partial charge in [-0.1, -0.05) is 11.2 Å². The predicted octanol–water partition coefficient (Wildman–Crippen LogP) is 3.14. The van der Waals surface area contributed by atoms with Gasteiger partial charge in [0.15, 0.2) is 17.5 Å². The van der Waals surface area contributed by atoms with E-state index < -0.39 is 17.2 Å². The number of pyridine rings is 1. The summed E-state index contributed by atoms with van der Waals surface area (Å²) in [5.74, 6) is -1.38. The second kappa shape index (κ2) is 6.73. The molecule has 1 aromatic carbocycles. The average molecular weight is 439 g/mol. The lowest BCUT2D eigenvalue weighted by atomic mass is 9.74. The van der Waals surface area contributed by atoms with Crippen molar-refractivity contribution in [2.24, 2.45) is 0 Å². The zero-order valence-corrected chi connectivity index (χ0v) is 16.8. The van der Waals surface area contributed by atoms with Gasteiger partial charge in [0.05, 0.1) is 16.7 Å². The van der Waals surface area contributed by atoms with Crippen LogP contribution in [0.15, 0.2) is 33.7 Å². The summed E-state index contributed by atoms with van der Waals surface area (Å²) >= 11 is 0. The van der Waals surface area contributed by atoms with E-state index in [1.54, 1.807) is 6.20 Å². The van der Waals surface area contributed by atoms with Gasteiger partial charge in [-0.15, -0.1) is 0 Å². The third-order valence-electron chi connectivity index (χ3n) is 6.56. The number of hydrogen-bond donors (Lipinski definition) is 4. The Balaban J connectivity index is 1.30. The Kier molecular flexibility index (Phi) is 4.03. The number of anilines is 1. The van der Waals surface area contributed by atoms with E-state index in [1.165, 1.54) is 12.1 Å². The first-order valence-electron chi connectivity index (χ1n) is 10.4. The minimum atomic E-state index is -0.938. The molecule has 3 aromatic heterocycles. The molecule has 0 saturated heterocycles. The van der Waals surface area contributed by atoms with E-state index in [9.17, 15) is 18.7 Å². The molecule has 3 heterocycles. The maximum Gasteiger partial charge on any atom is 0.439 e. The number of hydrogen-bond acceptors (Lipinski definition) is 6. The normalized spacial score (nSPS) is 19.2. The van der Waals surface area contributed by atoms with E-state index in [0.717, 1.165) is 12.0 Å². The molecule has 10 heteroatoms. The van der Waals surface area contributed by atoms with E-state index in [0.29, 0.717) is 53.4 Å². The summed E-state index contributed by atoms with van der Waals surface area (Å²) < 4.78 is 34.0. The molecule has 32 heavy (non-hydrogen) atoms. The van der Waals surface area contributed by atoms with E-state index in [2.05, 4.69) is 29.9 Å². The SMILES string of the molecule is O=c1[nH]c(-c2c[nH]c3cc(F)c(N[C@H]4Cc5cc(C6(O)CCC6)cc(F)c5C4)nc23)no1. The fourth-order valence-electron chi connectivity index (χ4n) is 4.70. The van der Waals surface area contributed by atoms with Crippen molar-refractivity contribution in [1.29, 1.82) is 0 Å². The monoisotopic (exact) mass is 439 g/mol. The summed E-state index contributed by atoms with van der Waals surface area (Å²) in [6, 6.07) is 4.35. The topological polar surface area (TPSA) is 120 Å². The molecule has 0 bridgehead atoms. The highest BCUT2D eigenvalue weighted by molar-refractivity contribution is 5.91. The Bertz CT molecular complexity index is 1420. The van der Waals surface area contributed by atoms with Gasteiger partial charge >= 0.3 is 5.76 Å². The summed E-state index contributed by atoms with van der Waals surface area (Å²) in [4.78, 5) is 21.0. The summed E-state index contributed by atoms with van der Waals surface area (Å²) in [5, 5.41) is 17.3. The number of benzene rings is 1. The Morgan fingerprint density at radius 3 is 2.75 bits per heavy atom. The van der Waals surface area contributed by atoms with Gasteiger partial charge in [0, 0.05) is 18.3 Å². The van der Waals surface area contributed by atoms with Crippen molar-refractivity contribution in [2.75, 3.05) is 5.32 Å². The molecule has 4 aromatic rings. The number of fused-ring (bicyclic) bond motifs is 2. The first-order chi connectivity index (χ1) is 15.4. The second-order valence-corrected chi connectivity index (χ2v) is 8.59. The smallest absolute Gasteiger partial charge is 0.385 e. The summed E-state index contributed by atoms with van der Waals surface area (Å²) in [5.41, 5.74) is 2.39. The number of nitrogens with one attached hydrogen (secondary N) is 3. The molecule has 8 nitrogen and oxygen atoms in total. The highest BCUT2D eigenvalue weighted by Gasteiger charge is 2.38. The third kappa shape index (κ3) is 2.94. The van der Waals surface area contributed by atoms with Crippen molar-refractivity contribution < 1.29 is 18.4 Å². The van der Waals surface area contributed by atoms with Crippen LogP contribution in [0, 0.1) is 11.6 Å². The van der Waals surface area contributed by atoms with Crippen molar-refractivity contribution in [1.82, 2.24) is 20.1 Å². The zero-order chi connectivity index (χ0) is 22.0. The molecule has 0 spiro atoms. The molecule has 4 N–H and O–H groups in total. The zero-order valence-electron chi connectivity index (χ0n) is 16.8. The van der Waals surface area contributed by atoms with Crippen LogP contribution in [0.1, 0.15) is 36.0 Å². The number of aliphatic hydroxyl groups is 1. The average Bonchev–Trinajstić information content (AvgIpc) is 3.44. The number of aromatic nitrogens is 4. The highest BCUT2D eigenvalue weighted by atomic mass is 19.1. The first kappa shape index (κ1) is 19.2. The molecular formula is C22H19F2N5O3. The molecule has 1 atom stereocenters. The van der Waals surface area contributed by atoms with Crippen LogP contribution < -0.4 is 11.1 Å². The van der Waals surface area contributed by atoms with Gasteiger partial charge < -0.3 is 15.4 Å². The summed E-state index contributed by atoms with van der Waals surface area (Å²) in [7, 11) is 0. The summed E-state index contributed by atoms with van der Waals surface area (Å²) in [6.45, 7) is 0. The van der Waals surface area contributed by atoms with E-state index in [-0.39, 0.29) is 23.5 Å². The van der Waals surface area contributed by atoms with E-state index in [1.807, 2.05) is 6.07 Å². The fraction of sp³-hybridized carbons (Fsp3) is 0.318. The predicted molar refractivity (Wildman–Crippen MR) is 111 cm³/mol. The Morgan fingerprint density at radius 1 is 1.19 bits per heavy atom. The standard InChI is InChI=1S/C22H19F2N5O3/c23-15-6-11(22(31)2-1-3-22)4-10-5-12(7-13(10)15)26-20-16(24)8-17-18(27-20)14(9-25-17)19-28-21(30)32-29-19/h4,6,8-9,12,25,31H,1-3,5,7H2,(H,26,27)(H,28,29,30)/t12-/m0/s1. The molecule has 0 aliphatic heterocycles. The number of halogens is 2. The van der Waals surface area contributed by atoms with Crippen molar-refractivity contribution in [3.05, 3.63) is 63.3 Å². The van der Waals surface area contributed by atoms with Gasteiger partial charge in [-0.05, 0) is 54.9 Å². The molecule has 6 rings (SSSR count). The molecule has 164 valence electrons. The van der Waals surface area contributed by atoms with Crippen LogP contribution in [0.5, 0.6) is 0 Å². The maximum atomic E-state index is 14.8. The molecule has 2 aliphatic rings. The molecule has 0 amide bonds. The quantitative estimate of drug-likeness (QED) is 0.388. The van der Waals surface area contributed by atoms with Crippen LogP contribution in [-0.4, -0.2) is 31.3 Å². The van der Waals surface area contributed by atoms with Crippen molar-refractivity contribution >= 4 is 16.9 Å². The van der Waals surface area contributed by atoms with Crippen LogP contribution in [0.3, 0.4) is 0 Å². The van der Waals surface area contributed by atoms with Crippen LogP contribution in [0.2, 0.25) is 0 Å². The minimum Gasteiger partial charge on any atom is -0.385 e. The number of aromatic amines is 2. The molecular weight excluding hydrogens is 420 g/mol. The maximum absolute atomic E-state index is 14.8. The van der Waals surface area contributed by atoms with Crippen LogP contribution in [0.25, 0.3) is 22.4 Å². The van der Waals surface area contributed by atoms with E-state index in [4.69, 9.17) is 0 Å². The van der Waals surface area contributed by atoms with Crippen molar-refractivity contribution in [2.45, 2.75) is 43.7 Å². The van der Waals surface area contributed by atoms with Crippen LogP contribution >= 0.6 is 0 Å². The Hall–Kier alpha value is -3.53. The highest BCUT2D eigenvalue weighted by Crippen LogP contribution is 2.43. The Labute approximate surface area is 179 Å². The molecule has 2 aliphatic carbocycles. The lowest BCUT2D eigenvalue weighted by molar-refractivity contribution is -0.0390. The number of rotatable bonds is 4. The third-order valence-corrected chi connectivity index (χ3v) is 6.56. The molecule has 1 fully saturated rings. The van der Waals surface area contributed by atoms with Gasteiger partial charge in [0.2, 0.25) is 0 Å². The fourth-order valence-corrected chi connectivity index (χ4v) is 4.70. The lowest BCUT2D eigenvalue weighted by Gasteiger charge is -2.37. The number of nitrogens with zero attached hydrogens (tertiary/aromatic N) is 2. The Morgan fingerprint density at radius 2 is 2.03 bits per heavy atom. The van der Waals surface area contributed by atoms with Crippen LogP contribution in [-0.2, 0) is 18.4 Å². The summed E-state index contributed by atoms with van der Waals surface area (Å²) in [6.07, 6.45) is 4.63.